The topological polar surface area (TPSA) is 74.3 Å². The largest absolute Gasteiger partial charge is 0.493 e. The van der Waals surface area contributed by atoms with E-state index in [-0.39, 0.29) is 12.0 Å². The summed E-state index contributed by atoms with van der Waals surface area (Å²) in [6.07, 6.45) is -0.874. The molecule has 2 rings (SSSR count). The lowest BCUT2D eigenvalue weighted by molar-refractivity contribution is -0.143. The van der Waals surface area contributed by atoms with E-state index in [0.717, 1.165) is 0 Å². The first-order chi connectivity index (χ1) is 11.9. The van der Waals surface area contributed by atoms with Crippen LogP contribution in [0.4, 0.5) is 0 Å². The van der Waals surface area contributed by atoms with Gasteiger partial charge in [0.25, 0.3) is 5.91 Å². The molecular weight excluding hydrogens is 326 g/mol. The molecule has 1 heterocycles. The fourth-order valence-corrected chi connectivity index (χ4v) is 2.47. The fraction of sp³-hybridized carbons (Fsp3) is 0.556. The van der Waals surface area contributed by atoms with Gasteiger partial charge in [-0.2, -0.15) is 0 Å². The SMILES string of the molecule is COc1cc(C(=O)OC(C)C(=O)N2CCOCC2)ccc1OC(C)C. The number of ether oxygens (including phenoxy) is 4. The summed E-state index contributed by atoms with van der Waals surface area (Å²) in [4.78, 5) is 26.3. The molecule has 1 aliphatic rings. The first kappa shape index (κ1) is 19.1. The predicted molar refractivity (Wildman–Crippen MR) is 91.0 cm³/mol. The fourth-order valence-electron chi connectivity index (χ4n) is 2.47. The molecule has 0 N–H and O–H groups in total. The minimum atomic E-state index is -0.858. The Morgan fingerprint density at radius 3 is 2.40 bits per heavy atom. The Labute approximate surface area is 147 Å². The molecule has 138 valence electrons. The maximum atomic E-state index is 12.3. The summed E-state index contributed by atoms with van der Waals surface area (Å²) in [6.45, 7) is 7.40. The van der Waals surface area contributed by atoms with Gasteiger partial charge in [0.15, 0.2) is 17.6 Å². The average molecular weight is 351 g/mol. The summed E-state index contributed by atoms with van der Waals surface area (Å²) < 4.78 is 21.4. The number of benzene rings is 1. The number of hydrogen-bond acceptors (Lipinski definition) is 6. The van der Waals surface area contributed by atoms with Crippen molar-refractivity contribution in [2.45, 2.75) is 33.0 Å². The minimum absolute atomic E-state index is 0.0159. The lowest BCUT2D eigenvalue weighted by Gasteiger charge is -2.29. The summed E-state index contributed by atoms with van der Waals surface area (Å²) in [5.74, 6) is 0.189. The molecule has 1 aromatic carbocycles. The molecule has 0 spiro atoms. The van der Waals surface area contributed by atoms with Crippen LogP contribution in [0, 0.1) is 0 Å². The van der Waals surface area contributed by atoms with E-state index in [1.54, 1.807) is 30.0 Å². The number of carbonyl (C=O) groups is 2. The zero-order valence-electron chi connectivity index (χ0n) is 15.1. The first-order valence-electron chi connectivity index (χ1n) is 8.34. The van der Waals surface area contributed by atoms with Gasteiger partial charge < -0.3 is 23.8 Å². The van der Waals surface area contributed by atoms with Gasteiger partial charge in [-0.15, -0.1) is 0 Å². The molecule has 25 heavy (non-hydrogen) atoms. The summed E-state index contributed by atoms with van der Waals surface area (Å²) in [6, 6.07) is 4.80. The van der Waals surface area contributed by atoms with Crippen LogP contribution in [-0.4, -0.2) is 62.4 Å². The molecular formula is C18H25NO6. The van der Waals surface area contributed by atoms with Crippen LogP contribution < -0.4 is 9.47 Å². The van der Waals surface area contributed by atoms with E-state index in [9.17, 15) is 9.59 Å². The van der Waals surface area contributed by atoms with Crippen LogP contribution in [0.25, 0.3) is 0 Å². The minimum Gasteiger partial charge on any atom is -0.493 e. The van der Waals surface area contributed by atoms with Crippen molar-refractivity contribution in [1.29, 1.82) is 0 Å². The van der Waals surface area contributed by atoms with Gasteiger partial charge in [-0.1, -0.05) is 0 Å². The number of carbonyl (C=O) groups excluding carboxylic acids is 2. The summed E-state index contributed by atoms with van der Waals surface area (Å²) in [5, 5.41) is 0. The first-order valence-corrected chi connectivity index (χ1v) is 8.34. The van der Waals surface area contributed by atoms with Gasteiger partial charge in [-0.05, 0) is 39.0 Å². The molecule has 7 nitrogen and oxygen atoms in total. The highest BCUT2D eigenvalue weighted by atomic mass is 16.5. The molecule has 0 aromatic heterocycles. The van der Waals surface area contributed by atoms with Gasteiger partial charge in [0, 0.05) is 13.1 Å². The number of methoxy groups -OCH3 is 1. The summed E-state index contributed by atoms with van der Waals surface area (Å²) >= 11 is 0. The second kappa shape index (κ2) is 8.71. The number of nitrogens with zero attached hydrogens (tertiary/aromatic N) is 1. The van der Waals surface area contributed by atoms with Crippen molar-refractivity contribution in [3.8, 4) is 11.5 Å². The van der Waals surface area contributed by atoms with E-state index in [1.165, 1.54) is 7.11 Å². The number of amides is 1. The number of morpholine rings is 1. The number of hydrogen-bond donors (Lipinski definition) is 0. The number of rotatable bonds is 6. The van der Waals surface area contributed by atoms with Crippen LogP contribution in [0.2, 0.25) is 0 Å². The predicted octanol–water partition coefficient (Wildman–Crippen LogP) is 1.89. The second-order valence-corrected chi connectivity index (χ2v) is 6.02. The van der Waals surface area contributed by atoms with Gasteiger partial charge in [0.1, 0.15) is 0 Å². The molecule has 0 saturated carbocycles. The highest BCUT2D eigenvalue weighted by molar-refractivity contribution is 5.92. The maximum absolute atomic E-state index is 12.3. The monoisotopic (exact) mass is 351 g/mol. The van der Waals surface area contributed by atoms with E-state index in [4.69, 9.17) is 18.9 Å². The molecule has 1 aromatic rings. The molecule has 7 heteroatoms. The van der Waals surface area contributed by atoms with Crippen molar-refractivity contribution >= 4 is 11.9 Å². The van der Waals surface area contributed by atoms with Crippen LogP contribution in [0.5, 0.6) is 11.5 Å². The van der Waals surface area contributed by atoms with Gasteiger partial charge in [0.2, 0.25) is 0 Å². The molecule has 1 aliphatic heterocycles. The Morgan fingerprint density at radius 1 is 1.12 bits per heavy atom. The molecule has 1 amide bonds. The number of esters is 1. The Bertz CT molecular complexity index is 610. The zero-order valence-corrected chi connectivity index (χ0v) is 15.1. The normalized spacial score (nSPS) is 15.6. The van der Waals surface area contributed by atoms with Crippen molar-refractivity contribution < 1.29 is 28.5 Å². The van der Waals surface area contributed by atoms with Gasteiger partial charge in [-0.3, -0.25) is 4.79 Å². The van der Waals surface area contributed by atoms with Gasteiger partial charge in [-0.25, -0.2) is 4.79 Å². The highest BCUT2D eigenvalue weighted by Crippen LogP contribution is 2.29. The van der Waals surface area contributed by atoms with Gasteiger partial charge >= 0.3 is 5.97 Å². The molecule has 0 aliphatic carbocycles. The van der Waals surface area contributed by atoms with Crippen molar-refractivity contribution in [2.75, 3.05) is 33.4 Å². The van der Waals surface area contributed by atoms with E-state index in [0.29, 0.717) is 43.4 Å². The smallest absolute Gasteiger partial charge is 0.339 e. The third kappa shape index (κ3) is 5.09. The molecule has 1 atom stereocenters. The van der Waals surface area contributed by atoms with E-state index in [2.05, 4.69) is 0 Å². The Morgan fingerprint density at radius 2 is 1.80 bits per heavy atom. The van der Waals surface area contributed by atoms with Crippen LogP contribution in [0.1, 0.15) is 31.1 Å². The molecule has 1 fully saturated rings. The van der Waals surface area contributed by atoms with E-state index >= 15 is 0 Å². The van der Waals surface area contributed by atoms with Crippen molar-refractivity contribution in [3.63, 3.8) is 0 Å². The van der Waals surface area contributed by atoms with Crippen molar-refractivity contribution in [1.82, 2.24) is 4.90 Å². The second-order valence-electron chi connectivity index (χ2n) is 6.02. The molecule has 0 bridgehead atoms. The van der Waals surface area contributed by atoms with Crippen LogP contribution >= 0.6 is 0 Å². The van der Waals surface area contributed by atoms with Crippen molar-refractivity contribution in [2.24, 2.45) is 0 Å². The molecule has 0 radical (unpaired) electrons. The Balaban J connectivity index is 2.03. The van der Waals surface area contributed by atoms with Crippen LogP contribution in [-0.2, 0) is 14.3 Å². The zero-order chi connectivity index (χ0) is 18.4. The third-order valence-electron chi connectivity index (χ3n) is 3.72. The van der Waals surface area contributed by atoms with Crippen molar-refractivity contribution in [3.05, 3.63) is 23.8 Å². The summed E-state index contributed by atoms with van der Waals surface area (Å²) in [5.41, 5.74) is 0.301. The van der Waals surface area contributed by atoms with Crippen LogP contribution in [0.15, 0.2) is 18.2 Å². The quantitative estimate of drug-likeness (QED) is 0.729. The Hall–Kier alpha value is -2.28. The van der Waals surface area contributed by atoms with E-state index < -0.39 is 12.1 Å². The lowest BCUT2D eigenvalue weighted by Crippen LogP contribution is -2.46. The van der Waals surface area contributed by atoms with Gasteiger partial charge in [0.05, 0.1) is 32.0 Å². The molecule has 1 saturated heterocycles. The molecule has 1 unspecified atom stereocenters. The van der Waals surface area contributed by atoms with E-state index in [1.807, 2.05) is 13.8 Å². The summed E-state index contributed by atoms with van der Waals surface area (Å²) in [7, 11) is 1.50. The average Bonchev–Trinajstić information content (AvgIpc) is 2.61. The lowest BCUT2D eigenvalue weighted by atomic mass is 10.2. The standard InChI is InChI=1S/C18H25NO6/c1-12(2)24-15-6-5-14(11-16(15)22-4)18(21)25-13(3)17(20)19-7-9-23-10-8-19/h5-6,11-13H,7-10H2,1-4H3. The maximum Gasteiger partial charge on any atom is 0.339 e. The highest BCUT2D eigenvalue weighted by Gasteiger charge is 2.26. The Kier molecular flexibility index (Phi) is 6.64. The third-order valence-corrected chi connectivity index (χ3v) is 3.72. The van der Waals surface area contributed by atoms with Crippen LogP contribution in [0.3, 0.4) is 0 Å².